The van der Waals surface area contributed by atoms with Gasteiger partial charge in [0.05, 0.1) is 6.10 Å². The summed E-state index contributed by atoms with van der Waals surface area (Å²) in [7, 11) is 0. The smallest absolute Gasteiger partial charge is 0.219 e. The molecule has 0 aliphatic heterocycles. The van der Waals surface area contributed by atoms with E-state index in [-0.39, 0.29) is 0 Å². The molecule has 100 valence electrons. The third kappa shape index (κ3) is 3.55. The summed E-state index contributed by atoms with van der Waals surface area (Å²) in [5.41, 5.74) is 2.06. The SMILES string of the molecule is CC(C)c1ccc(Oc2ccc(C(C)O)cn2)cc1. The molecule has 1 heterocycles. The molecule has 1 N–H and O–H groups in total. The summed E-state index contributed by atoms with van der Waals surface area (Å²) in [6, 6.07) is 11.6. The first-order valence-corrected chi connectivity index (χ1v) is 6.48. The van der Waals surface area contributed by atoms with Crippen LogP contribution in [0.15, 0.2) is 42.6 Å². The minimum absolute atomic E-state index is 0.508. The summed E-state index contributed by atoms with van der Waals surface area (Å²) >= 11 is 0. The Bertz CT molecular complexity index is 466. The first-order chi connectivity index (χ1) is 9.06. The lowest BCUT2D eigenvalue weighted by atomic mass is 10.0. The molecule has 3 heteroatoms. The number of nitrogens with zero attached hydrogens (tertiary/aromatic N) is 1. The van der Waals surface area contributed by atoms with Crippen molar-refractivity contribution in [3.05, 3.63) is 53.7 Å². The predicted molar refractivity (Wildman–Crippen MR) is 75.5 cm³/mol. The van der Waals surface area contributed by atoms with Gasteiger partial charge in [0.2, 0.25) is 5.88 Å². The maximum Gasteiger partial charge on any atom is 0.219 e. The summed E-state index contributed by atoms with van der Waals surface area (Å²) in [5.74, 6) is 1.81. The molecule has 3 nitrogen and oxygen atoms in total. The molecule has 0 amide bonds. The first kappa shape index (κ1) is 13.6. The highest BCUT2D eigenvalue weighted by Crippen LogP contribution is 2.23. The zero-order chi connectivity index (χ0) is 13.8. The molecule has 0 aliphatic carbocycles. The van der Waals surface area contributed by atoms with Gasteiger partial charge in [-0.2, -0.15) is 0 Å². The summed E-state index contributed by atoms with van der Waals surface area (Å²) < 4.78 is 5.66. The van der Waals surface area contributed by atoms with Gasteiger partial charge in [-0.3, -0.25) is 0 Å². The third-order valence-electron chi connectivity index (χ3n) is 3.01. The van der Waals surface area contributed by atoms with Crippen molar-refractivity contribution in [2.75, 3.05) is 0 Å². The van der Waals surface area contributed by atoms with Crippen molar-refractivity contribution in [1.82, 2.24) is 4.98 Å². The van der Waals surface area contributed by atoms with Crippen LogP contribution in [0.25, 0.3) is 0 Å². The third-order valence-corrected chi connectivity index (χ3v) is 3.01. The highest BCUT2D eigenvalue weighted by molar-refractivity contribution is 5.32. The first-order valence-electron chi connectivity index (χ1n) is 6.48. The van der Waals surface area contributed by atoms with Gasteiger partial charge < -0.3 is 9.84 Å². The van der Waals surface area contributed by atoms with Crippen LogP contribution in [0.3, 0.4) is 0 Å². The van der Waals surface area contributed by atoms with Crippen LogP contribution in [0, 0.1) is 0 Å². The second-order valence-electron chi connectivity index (χ2n) is 4.93. The van der Waals surface area contributed by atoms with Gasteiger partial charge in [-0.05, 0) is 42.2 Å². The van der Waals surface area contributed by atoms with E-state index >= 15 is 0 Å². The summed E-state index contributed by atoms with van der Waals surface area (Å²) in [6.45, 7) is 6.03. The molecule has 19 heavy (non-hydrogen) atoms. The Labute approximate surface area is 113 Å². The Balaban J connectivity index is 2.08. The molecule has 1 atom stereocenters. The Morgan fingerprint density at radius 2 is 1.58 bits per heavy atom. The monoisotopic (exact) mass is 257 g/mol. The molecule has 0 saturated carbocycles. The lowest BCUT2D eigenvalue weighted by Gasteiger charge is -2.09. The van der Waals surface area contributed by atoms with E-state index in [9.17, 15) is 5.11 Å². The van der Waals surface area contributed by atoms with Crippen molar-refractivity contribution in [3.8, 4) is 11.6 Å². The number of aromatic nitrogens is 1. The fourth-order valence-electron chi connectivity index (χ4n) is 1.74. The van der Waals surface area contributed by atoms with E-state index in [0.717, 1.165) is 11.3 Å². The minimum atomic E-state index is -0.508. The normalized spacial score (nSPS) is 12.5. The van der Waals surface area contributed by atoms with E-state index in [1.165, 1.54) is 5.56 Å². The van der Waals surface area contributed by atoms with Gasteiger partial charge in [0, 0.05) is 12.3 Å². The maximum absolute atomic E-state index is 9.41. The van der Waals surface area contributed by atoms with Crippen LogP contribution in [0.2, 0.25) is 0 Å². The van der Waals surface area contributed by atoms with Crippen molar-refractivity contribution < 1.29 is 9.84 Å². The second kappa shape index (κ2) is 5.85. The van der Waals surface area contributed by atoms with Crippen LogP contribution >= 0.6 is 0 Å². The molecule has 0 radical (unpaired) electrons. The molecule has 2 rings (SSSR count). The fourth-order valence-corrected chi connectivity index (χ4v) is 1.74. The molecule has 2 aromatic rings. The van der Waals surface area contributed by atoms with E-state index < -0.39 is 6.10 Å². The Hall–Kier alpha value is -1.87. The number of aliphatic hydroxyl groups excluding tert-OH is 1. The molecule has 1 aromatic carbocycles. The number of pyridine rings is 1. The van der Waals surface area contributed by atoms with Gasteiger partial charge in [-0.15, -0.1) is 0 Å². The van der Waals surface area contributed by atoms with Crippen molar-refractivity contribution in [3.63, 3.8) is 0 Å². The van der Waals surface area contributed by atoms with Crippen LogP contribution in [0.5, 0.6) is 11.6 Å². The molecule has 1 unspecified atom stereocenters. The molecule has 0 spiro atoms. The predicted octanol–water partition coefficient (Wildman–Crippen LogP) is 4.05. The molecule has 0 aliphatic rings. The van der Waals surface area contributed by atoms with Crippen LogP contribution in [0.1, 0.15) is 43.9 Å². The van der Waals surface area contributed by atoms with Gasteiger partial charge in [-0.25, -0.2) is 4.98 Å². The van der Waals surface area contributed by atoms with Crippen LogP contribution in [0.4, 0.5) is 0 Å². The molecular formula is C16H19NO2. The number of hydrogen-bond acceptors (Lipinski definition) is 3. The molecular weight excluding hydrogens is 238 g/mol. The number of rotatable bonds is 4. The molecule has 0 fully saturated rings. The number of ether oxygens (including phenoxy) is 1. The van der Waals surface area contributed by atoms with E-state index in [1.807, 2.05) is 18.2 Å². The second-order valence-corrected chi connectivity index (χ2v) is 4.93. The summed E-state index contributed by atoms with van der Waals surface area (Å²) in [6.07, 6.45) is 1.12. The zero-order valence-electron chi connectivity index (χ0n) is 11.5. The summed E-state index contributed by atoms with van der Waals surface area (Å²) in [4.78, 5) is 4.17. The van der Waals surface area contributed by atoms with E-state index in [4.69, 9.17) is 4.74 Å². The van der Waals surface area contributed by atoms with E-state index in [1.54, 1.807) is 19.2 Å². The number of aliphatic hydroxyl groups is 1. The Morgan fingerprint density at radius 3 is 2.05 bits per heavy atom. The van der Waals surface area contributed by atoms with Crippen molar-refractivity contribution in [2.24, 2.45) is 0 Å². The summed E-state index contributed by atoms with van der Waals surface area (Å²) in [5, 5.41) is 9.41. The van der Waals surface area contributed by atoms with E-state index in [0.29, 0.717) is 11.8 Å². The van der Waals surface area contributed by atoms with Gasteiger partial charge in [0.25, 0.3) is 0 Å². The lowest BCUT2D eigenvalue weighted by Crippen LogP contribution is -1.94. The average Bonchev–Trinajstić information content (AvgIpc) is 2.40. The zero-order valence-corrected chi connectivity index (χ0v) is 11.5. The molecule has 0 saturated heterocycles. The van der Waals surface area contributed by atoms with Gasteiger partial charge in [-0.1, -0.05) is 26.0 Å². The topological polar surface area (TPSA) is 42.4 Å². The maximum atomic E-state index is 9.41. The van der Waals surface area contributed by atoms with Gasteiger partial charge in [0.15, 0.2) is 0 Å². The van der Waals surface area contributed by atoms with Crippen molar-refractivity contribution in [1.29, 1.82) is 0 Å². The van der Waals surface area contributed by atoms with Gasteiger partial charge >= 0.3 is 0 Å². The largest absolute Gasteiger partial charge is 0.439 e. The van der Waals surface area contributed by atoms with Crippen LogP contribution in [-0.4, -0.2) is 10.1 Å². The van der Waals surface area contributed by atoms with Crippen molar-refractivity contribution >= 4 is 0 Å². The van der Waals surface area contributed by atoms with E-state index in [2.05, 4.69) is 31.0 Å². The number of benzene rings is 1. The molecule has 1 aromatic heterocycles. The quantitative estimate of drug-likeness (QED) is 0.898. The Morgan fingerprint density at radius 1 is 0.947 bits per heavy atom. The van der Waals surface area contributed by atoms with Crippen molar-refractivity contribution in [2.45, 2.75) is 32.8 Å². The Kier molecular flexibility index (Phi) is 4.17. The standard InChI is InChI=1S/C16H19NO2/c1-11(2)13-4-7-15(8-5-13)19-16-9-6-14(10-17-16)12(3)18/h4-12,18H,1-3H3. The number of hydrogen-bond donors (Lipinski definition) is 1. The lowest BCUT2D eigenvalue weighted by molar-refractivity contribution is 0.198. The fraction of sp³-hybridized carbons (Fsp3) is 0.312. The van der Waals surface area contributed by atoms with Gasteiger partial charge in [0.1, 0.15) is 5.75 Å². The molecule has 0 bridgehead atoms. The minimum Gasteiger partial charge on any atom is -0.439 e. The van der Waals surface area contributed by atoms with Crippen LogP contribution < -0.4 is 4.74 Å². The highest BCUT2D eigenvalue weighted by atomic mass is 16.5. The van der Waals surface area contributed by atoms with Crippen LogP contribution in [-0.2, 0) is 0 Å². The highest BCUT2D eigenvalue weighted by Gasteiger charge is 2.04. The average molecular weight is 257 g/mol.